The zero-order valence-electron chi connectivity index (χ0n) is 14.0. The summed E-state index contributed by atoms with van der Waals surface area (Å²) in [7, 11) is 0. The van der Waals surface area contributed by atoms with Crippen LogP contribution in [0.3, 0.4) is 0 Å². The van der Waals surface area contributed by atoms with Crippen molar-refractivity contribution < 1.29 is 14.3 Å². The van der Waals surface area contributed by atoms with Gasteiger partial charge in [-0.2, -0.15) is 0 Å². The van der Waals surface area contributed by atoms with Gasteiger partial charge in [-0.1, -0.05) is 11.6 Å². The fourth-order valence-electron chi connectivity index (χ4n) is 3.73. The number of H-pyrrole nitrogens is 1. The molecule has 0 bridgehead atoms. The molecule has 1 N–H and O–H groups in total. The number of fused-ring (bicyclic) bond motifs is 3. The summed E-state index contributed by atoms with van der Waals surface area (Å²) in [6.45, 7) is 1.59. The van der Waals surface area contributed by atoms with Gasteiger partial charge in [-0.05, 0) is 53.4 Å². The molecule has 1 aromatic heterocycles. The quantitative estimate of drug-likeness (QED) is 0.750. The number of nitrogens with one attached hydrogen (secondary N) is 1. The van der Waals surface area contributed by atoms with E-state index in [1.807, 2.05) is 41.4 Å². The second-order valence-corrected chi connectivity index (χ2v) is 7.16. The van der Waals surface area contributed by atoms with Crippen molar-refractivity contribution in [2.45, 2.75) is 19.4 Å². The molecule has 3 aromatic rings. The maximum Gasteiger partial charge on any atom is 0.231 e. The third-order valence-electron chi connectivity index (χ3n) is 5.13. The van der Waals surface area contributed by atoms with Crippen LogP contribution in [0, 0.1) is 0 Å². The minimum Gasteiger partial charge on any atom is -0.454 e. The van der Waals surface area contributed by atoms with E-state index in [9.17, 15) is 4.79 Å². The Kier molecular flexibility index (Phi) is 3.57. The number of amides is 1. The highest BCUT2D eigenvalue weighted by Crippen LogP contribution is 2.36. The monoisotopic (exact) mass is 368 g/mol. The predicted molar refractivity (Wildman–Crippen MR) is 98.7 cm³/mol. The highest BCUT2D eigenvalue weighted by molar-refractivity contribution is 6.31. The summed E-state index contributed by atoms with van der Waals surface area (Å²) in [5, 5.41) is 1.68. The summed E-state index contributed by atoms with van der Waals surface area (Å²) in [6, 6.07) is 9.73. The molecule has 26 heavy (non-hydrogen) atoms. The van der Waals surface area contributed by atoms with Gasteiger partial charge in [0, 0.05) is 35.2 Å². The van der Waals surface area contributed by atoms with E-state index in [0.717, 1.165) is 39.9 Å². The zero-order valence-corrected chi connectivity index (χ0v) is 14.8. The van der Waals surface area contributed by atoms with Gasteiger partial charge >= 0.3 is 0 Å². The Morgan fingerprint density at radius 1 is 1.15 bits per heavy atom. The molecular formula is C20H17ClN2O3. The topological polar surface area (TPSA) is 54.6 Å². The van der Waals surface area contributed by atoms with Crippen molar-refractivity contribution in [2.24, 2.45) is 0 Å². The molecule has 2 aliphatic heterocycles. The van der Waals surface area contributed by atoms with E-state index < -0.39 is 0 Å². The summed E-state index contributed by atoms with van der Waals surface area (Å²) in [4.78, 5) is 18.0. The first-order valence-corrected chi connectivity index (χ1v) is 9.00. The molecular weight excluding hydrogens is 352 g/mol. The number of hydrogen-bond acceptors (Lipinski definition) is 3. The van der Waals surface area contributed by atoms with Crippen LogP contribution in [0.2, 0.25) is 5.02 Å². The molecule has 0 aliphatic carbocycles. The van der Waals surface area contributed by atoms with Crippen molar-refractivity contribution in [1.29, 1.82) is 0 Å². The van der Waals surface area contributed by atoms with Crippen molar-refractivity contribution in [2.75, 3.05) is 13.3 Å². The Labute approximate surface area is 155 Å². The van der Waals surface area contributed by atoms with Crippen molar-refractivity contribution >= 4 is 28.4 Å². The van der Waals surface area contributed by atoms with Gasteiger partial charge in [-0.15, -0.1) is 0 Å². The molecule has 6 heteroatoms. The van der Waals surface area contributed by atoms with E-state index in [0.29, 0.717) is 24.5 Å². The van der Waals surface area contributed by atoms with Crippen LogP contribution in [0.25, 0.3) is 10.9 Å². The summed E-state index contributed by atoms with van der Waals surface area (Å²) in [5.41, 5.74) is 4.34. The Bertz CT molecular complexity index is 1030. The lowest BCUT2D eigenvalue weighted by Gasteiger charge is -2.29. The molecule has 0 fully saturated rings. The Morgan fingerprint density at radius 2 is 1.96 bits per heavy atom. The smallest absolute Gasteiger partial charge is 0.231 e. The molecule has 2 aromatic carbocycles. The van der Waals surface area contributed by atoms with Gasteiger partial charge in [0.25, 0.3) is 0 Å². The van der Waals surface area contributed by atoms with Gasteiger partial charge in [0.2, 0.25) is 12.7 Å². The minimum atomic E-state index is 0.120. The van der Waals surface area contributed by atoms with Crippen LogP contribution in [0.15, 0.2) is 36.5 Å². The molecule has 1 amide bonds. The molecule has 0 unspecified atom stereocenters. The van der Waals surface area contributed by atoms with Gasteiger partial charge < -0.3 is 19.4 Å². The Hall–Kier alpha value is -2.66. The minimum absolute atomic E-state index is 0.120. The molecule has 0 radical (unpaired) electrons. The fourth-order valence-corrected chi connectivity index (χ4v) is 3.90. The van der Waals surface area contributed by atoms with Crippen LogP contribution >= 0.6 is 11.6 Å². The zero-order chi connectivity index (χ0) is 17.7. The Morgan fingerprint density at radius 3 is 2.81 bits per heavy atom. The van der Waals surface area contributed by atoms with Crippen LogP contribution < -0.4 is 9.47 Å². The summed E-state index contributed by atoms with van der Waals surface area (Å²) in [5.74, 6) is 1.69. The lowest BCUT2D eigenvalue weighted by Crippen LogP contribution is -2.36. The number of aromatic amines is 1. The number of benzene rings is 2. The molecule has 2 aliphatic rings. The van der Waals surface area contributed by atoms with Gasteiger partial charge in [0.1, 0.15) is 0 Å². The first-order valence-electron chi connectivity index (χ1n) is 8.62. The number of halogens is 1. The molecule has 3 heterocycles. The van der Waals surface area contributed by atoms with E-state index in [4.69, 9.17) is 21.1 Å². The van der Waals surface area contributed by atoms with Crippen LogP contribution in [0.1, 0.15) is 16.7 Å². The summed E-state index contributed by atoms with van der Waals surface area (Å²) < 4.78 is 10.9. The molecule has 5 nitrogen and oxygen atoms in total. The third-order valence-corrected chi connectivity index (χ3v) is 5.37. The molecule has 132 valence electrons. The van der Waals surface area contributed by atoms with E-state index in [-0.39, 0.29) is 12.7 Å². The second kappa shape index (κ2) is 5.95. The summed E-state index contributed by atoms with van der Waals surface area (Å²) >= 11 is 6.10. The van der Waals surface area contributed by atoms with Crippen LogP contribution in [0.4, 0.5) is 0 Å². The van der Waals surface area contributed by atoms with Crippen LogP contribution in [-0.2, 0) is 24.2 Å². The third kappa shape index (κ3) is 2.59. The number of carbonyl (C=O) groups is 1. The largest absolute Gasteiger partial charge is 0.454 e. The average molecular weight is 369 g/mol. The van der Waals surface area contributed by atoms with Crippen molar-refractivity contribution in [1.82, 2.24) is 9.88 Å². The normalized spacial score (nSPS) is 15.3. The first kappa shape index (κ1) is 15.6. The van der Waals surface area contributed by atoms with Crippen LogP contribution in [-0.4, -0.2) is 29.1 Å². The van der Waals surface area contributed by atoms with E-state index >= 15 is 0 Å². The standard InChI is InChI=1S/C20H17ClN2O3/c21-15-1-2-17-16(8-15)13(9-22-17)7-20(24)23-4-3-12-5-18-19(26-11-25-18)6-14(12)10-23/h1-2,5-6,8-9,22H,3-4,7,10-11H2. The SMILES string of the molecule is O=C(Cc1c[nH]c2ccc(Cl)cc12)N1CCc2cc3c(cc2C1)OCO3. The van der Waals surface area contributed by atoms with Crippen molar-refractivity contribution in [3.8, 4) is 11.5 Å². The number of ether oxygens (including phenoxy) is 2. The number of aromatic nitrogens is 1. The molecule has 0 atom stereocenters. The second-order valence-electron chi connectivity index (χ2n) is 6.72. The molecule has 5 rings (SSSR count). The van der Waals surface area contributed by atoms with Gasteiger partial charge in [-0.25, -0.2) is 0 Å². The van der Waals surface area contributed by atoms with Gasteiger partial charge in [0.15, 0.2) is 11.5 Å². The number of carbonyl (C=O) groups excluding carboxylic acids is 1. The summed E-state index contributed by atoms with van der Waals surface area (Å²) in [6.07, 6.45) is 3.09. The lowest BCUT2D eigenvalue weighted by atomic mass is 9.98. The highest BCUT2D eigenvalue weighted by atomic mass is 35.5. The van der Waals surface area contributed by atoms with Gasteiger partial charge in [-0.3, -0.25) is 4.79 Å². The number of hydrogen-bond donors (Lipinski definition) is 1. The highest BCUT2D eigenvalue weighted by Gasteiger charge is 2.25. The maximum absolute atomic E-state index is 12.9. The number of nitrogens with zero attached hydrogens (tertiary/aromatic N) is 1. The van der Waals surface area contributed by atoms with Gasteiger partial charge in [0.05, 0.1) is 6.42 Å². The van der Waals surface area contributed by atoms with E-state index in [2.05, 4.69) is 4.98 Å². The average Bonchev–Trinajstić information content (AvgIpc) is 3.25. The number of rotatable bonds is 2. The van der Waals surface area contributed by atoms with E-state index in [1.54, 1.807) is 0 Å². The fraction of sp³-hybridized carbons (Fsp3) is 0.250. The molecule has 0 spiro atoms. The van der Waals surface area contributed by atoms with Crippen LogP contribution in [0.5, 0.6) is 11.5 Å². The maximum atomic E-state index is 12.9. The molecule has 0 saturated carbocycles. The van der Waals surface area contributed by atoms with Crippen molar-refractivity contribution in [3.63, 3.8) is 0 Å². The Balaban J connectivity index is 1.37. The molecule has 0 saturated heterocycles. The predicted octanol–water partition coefficient (Wildman–Crippen LogP) is 3.68. The lowest BCUT2D eigenvalue weighted by molar-refractivity contribution is -0.131. The van der Waals surface area contributed by atoms with Crippen molar-refractivity contribution in [3.05, 3.63) is 58.2 Å². The van der Waals surface area contributed by atoms with E-state index in [1.165, 1.54) is 5.56 Å². The first-order chi connectivity index (χ1) is 12.7.